The lowest BCUT2D eigenvalue weighted by Gasteiger charge is -2.42. The highest BCUT2D eigenvalue weighted by Crippen LogP contribution is 2.42. The molecule has 3 N–H and O–H groups in total. The van der Waals surface area contributed by atoms with Crippen molar-refractivity contribution in [1.29, 1.82) is 0 Å². The van der Waals surface area contributed by atoms with Gasteiger partial charge in [-0.05, 0) is 31.2 Å². The van der Waals surface area contributed by atoms with E-state index in [0.717, 1.165) is 23.0 Å². The Labute approximate surface area is 242 Å². The van der Waals surface area contributed by atoms with Crippen LogP contribution in [0.15, 0.2) is 36.7 Å². The molecule has 1 fully saturated rings. The smallest absolute Gasteiger partial charge is 0.394 e. The molecule has 9 nitrogen and oxygen atoms in total. The van der Waals surface area contributed by atoms with Crippen molar-refractivity contribution in [3.05, 3.63) is 81.4 Å². The molecule has 4 aromatic rings. The Morgan fingerprint density at radius 3 is 2.43 bits per heavy atom. The lowest BCUT2D eigenvalue weighted by Crippen LogP contribution is -2.53. The van der Waals surface area contributed by atoms with Crippen molar-refractivity contribution in [3.63, 3.8) is 0 Å². The maximum atomic E-state index is 14.6. The number of aliphatic hydroxyl groups excluding tert-OH is 3. The Bertz CT molecular complexity index is 1650. The van der Waals surface area contributed by atoms with Crippen molar-refractivity contribution in [2.45, 2.75) is 43.6 Å². The maximum Gasteiger partial charge on any atom is 0.421 e. The molecule has 0 amide bonds. The number of ether oxygens (including phenoxy) is 1. The molecule has 5 rings (SSSR count). The summed E-state index contributed by atoms with van der Waals surface area (Å²) in [7, 11) is 0. The Balaban J connectivity index is 1.60. The summed E-state index contributed by atoms with van der Waals surface area (Å²) in [5.41, 5.74) is -2.79. The van der Waals surface area contributed by atoms with Gasteiger partial charge in [0.2, 0.25) is 0 Å². The first-order valence-electron chi connectivity index (χ1n) is 12.0. The Kier molecular flexibility index (Phi) is 8.02. The molecule has 1 aliphatic rings. The quantitative estimate of drug-likeness (QED) is 0.217. The zero-order chi connectivity index (χ0) is 30.7. The van der Waals surface area contributed by atoms with Crippen LogP contribution in [0.25, 0.3) is 16.8 Å². The average molecular weight is 638 g/mol. The molecule has 0 aliphatic carbocycles. The minimum absolute atomic E-state index is 0.0225. The second-order valence-corrected chi connectivity index (χ2v) is 10.2. The van der Waals surface area contributed by atoms with E-state index in [1.807, 2.05) is 0 Å². The van der Waals surface area contributed by atoms with E-state index in [-0.39, 0.29) is 17.0 Å². The van der Waals surface area contributed by atoms with Gasteiger partial charge in [0.15, 0.2) is 17.5 Å². The van der Waals surface area contributed by atoms with Crippen molar-refractivity contribution >= 4 is 23.2 Å². The molecule has 224 valence electrons. The third-order valence-corrected chi connectivity index (χ3v) is 7.19. The highest BCUT2D eigenvalue weighted by molar-refractivity contribution is 6.31. The largest absolute Gasteiger partial charge is 0.421 e. The first kappa shape index (κ1) is 30.3. The molecule has 0 saturated carbocycles. The molecule has 3 heterocycles. The van der Waals surface area contributed by atoms with E-state index in [1.54, 1.807) is 0 Å². The summed E-state index contributed by atoms with van der Waals surface area (Å²) in [5, 5.41) is 39.3. The fourth-order valence-corrected chi connectivity index (χ4v) is 5.16. The molecular formula is C25H19Cl2F6N5O4. The maximum absolute atomic E-state index is 14.6. The predicted molar refractivity (Wildman–Crippen MR) is 134 cm³/mol. The molecule has 42 heavy (non-hydrogen) atoms. The van der Waals surface area contributed by atoms with Gasteiger partial charge in [-0.2, -0.15) is 23.4 Å². The number of hydrogen-bond acceptors (Lipinski definition) is 7. The molecule has 0 spiro atoms. The van der Waals surface area contributed by atoms with E-state index in [0.29, 0.717) is 10.7 Å². The minimum atomic E-state index is -5.19. The number of aryl methyl sites for hydroxylation is 1. The Hall–Kier alpha value is -3.21. The third kappa shape index (κ3) is 5.24. The zero-order valence-electron chi connectivity index (χ0n) is 21.1. The molecule has 2 aromatic carbocycles. The van der Waals surface area contributed by atoms with Crippen LogP contribution in [0.3, 0.4) is 0 Å². The Morgan fingerprint density at radius 2 is 1.76 bits per heavy atom. The van der Waals surface area contributed by atoms with Gasteiger partial charge in [-0.1, -0.05) is 23.2 Å². The van der Waals surface area contributed by atoms with Crippen LogP contribution in [0.5, 0.6) is 0 Å². The fraction of sp³-hybridized carbons (Fsp3) is 0.320. The highest BCUT2D eigenvalue weighted by atomic mass is 35.5. The summed E-state index contributed by atoms with van der Waals surface area (Å²) in [4.78, 5) is 4.09. The molecule has 0 radical (unpaired) electrons. The van der Waals surface area contributed by atoms with Crippen LogP contribution >= 0.6 is 23.2 Å². The minimum Gasteiger partial charge on any atom is -0.394 e. The normalized spacial score (nSPS) is 23.0. The molecule has 5 atom stereocenters. The van der Waals surface area contributed by atoms with Crippen molar-refractivity contribution in [2.75, 3.05) is 6.61 Å². The first-order valence-corrected chi connectivity index (χ1v) is 12.8. The third-order valence-electron chi connectivity index (χ3n) is 6.68. The van der Waals surface area contributed by atoms with Crippen molar-refractivity contribution in [1.82, 2.24) is 24.5 Å². The molecule has 17 heteroatoms. The summed E-state index contributed by atoms with van der Waals surface area (Å²) in [6, 6.07) is 2.12. The van der Waals surface area contributed by atoms with Crippen LogP contribution in [-0.2, 0) is 10.9 Å². The number of hydrogen-bond donors (Lipinski definition) is 3. The van der Waals surface area contributed by atoms with Crippen LogP contribution in [0.1, 0.15) is 29.4 Å². The van der Waals surface area contributed by atoms with E-state index in [1.165, 1.54) is 19.2 Å². The number of nitrogens with zero attached hydrogens (tertiary/aromatic N) is 5. The molecule has 0 bridgehead atoms. The number of aromatic nitrogens is 5. The van der Waals surface area contributed by atoms with E-state index in [4.69, 9.17) is 27.9 Å². The van der Waals surface area contributed by atoms with Gasteiger partial charge in [0.25, 0.3) is 0 Å². The number of rotatable bonds is 5. The van der Waals surface area contributed by atoms with Crippen LogP contribution in [0.2, 0.25) is 10.0 Å². The van der Waals surface area contributed by atoms with E-state index in [2.05, 4.69) is 15.2 Å². The number of alkyl halides is 3. The average Bonchev–Trinajstić information content (AvgIpc) is 3.53. The van der Waals surface area contributed by atoms with Gasteiger partial charge < -0.3 is 20.1 Å². The standard InChI is InChI=1S/C25H19Cl2F6N5O4/c1-9-35-24(38(36-9)15-5-11(26)4-14(28)17(15)25(31,32)33)23-22(41)20(21(40)16(8-39)42-23)37-7-10(6-34-37)12-2-3-13(27)19(30)18(12)29/h2-7,16,20-23,39-41H,8H2,1H3/t16-,20+,21+,22-,23-/m1/s1. The zero-order valence-corrected chi connectivity index (χ0v) is 22.6. The summed E-state index contributed by atoms with van der Waals surface area (Å²) >= 11 is 11.5. The van der Waals surface area contributed by atoms with E-state index < -0.39 is 87.8 Å². The second-order valence-electron chi connectivity index (χ2n) is 9.39. The van der Waals surface area contributed by atoms with Gasteiger partial charge in [-0.15, -0.1) is 0 Å². The SMILES string of the molecule is Cc1nc([C@@H]2O[C@H](CO)[C@H](O)[C@H](n3cc(-c4ccc(Cl)c(F)c4F)cn3)[C@H]2O)n(-c2cc(Cl)cc(F)c2C(F)(F)F)n1. The van der Waals surface area contributed by atoms with E-state index >= 15 is 0 Å². The van der Waals surface area contributed by atoms with Crippen molar-refractivity contribution in [3.8, 4) is 16.8 Å². The van der Waals surface area contributed by atoms with Gasteiger partial charge in [0.1, 0.15) is 47.7 Å². The fourth-order valence-electron chi connectivity index (χ4n) is 4.82. The molecule has 2 aromatic heterocycles. The summed E-state index contributed by atoms with van der Waals surface area (Å²) in [6.45, 7) is 0.498. The van der Waals surface area contributed by atoms with Crippen LogP contribution in [0, 0.1) is 24.4 Å². The molecular weight excluding hydrogens is 619 g/mol. The predicted octanol–water partition coefficient (Wildman–Crippen LogP) is 4.58. The van der Waals surface area contributed by atoms with Crippen molar-refractivity contribution in [2.24, 2.45) is 0 Å². The highest BCUT2D eigenvalue weighted by Gasteiger charge is 2.49. The van der Waals surface area contributed by atoms with Crippen molar-refractivity contribution < 1.29 is 46.4 Å². The number of halogens is 8. The van der Waals surface area contributed by atoms with Gasteiger partial charge >= 0.3 is 6.18 Å². The Morgan fingerprint density at radius 1 is 1.05 bits per heavy atom. The topological polar surface area (TPSA) is 118 Å². The summed E-state index contributed by atoms with van der Waals surface area (Å²) < 4.78 is 92.1. The van der Waals surface area contributed by atoms with Gasteiger partial charge in [-0.25, -0.2) is 22.8 Å². The summed E-state index contributed by atoms with van der Waals surface area (Å²) in [6.07, 6.45) is -9.51. The van der Waals surface area contributed by atoms with Crippen LogP contribution < -0.4 is 0 Å². The molecule has 1 aliphatic heterocycles. The molecule has 1 saturated heterocycles. The van der Waals surface area contributed by atoms with Crippen LogP contribution in [-0.4, -0.2) is 64.8 Å². The number of aliphatic hydroxyl groups is 3. The van der Waals surface area contributed by atoms with Crippen LogP contribution in [0.4, 0.5) is 26.3 Å². The monoisotopic (exact) mass is 637 g/mol. The lowest BCUT2D eigenvalue weighted by molar-refractivity contribution is -0.210. The lowest BCUT2D eigenvalue weighted by atomic mass is 9.92. The first-order chi connectivity index (χ1) is 19.7. The summed E-state index contributed by atoms with van der Waals surface area (Å²) in [5.74, 6) is -4.82. The van der Waals surface area contributed by atoms with Gasteiger partial charge in [0, 0.05) is 22.3 Å². The molecule has 0 unspecified atom stereocenters. The second kappa shape index (κ2) is 11.1. The number of benzene rings is 2. The van der Waals surface area contributed by atoms with Gasteiger partial charge in [0.05, 0.1) is 23.5 Å². The van der Waals surface area contributed by atoms with E-state index in [9.17, 15) is 41.7 Å². The van der Waals surface area contributed by atoms with Gasteiger partial charge in [-0.3, -0.25) is 4.68 Å².